The molecule has 0 aliphatic heterocycles. The predicted molar refractivity (Wildman–Crippen MR) is 268 cm³/mol. The molecule has 62 heavy (non-hydrogen) atoms. The second kappa shape index (κ2) is 53.9. The van der Waals surface area contributed by atoms with Crippen molar-refractivity contribution >= 4 is 17.7 Å². The molecule has 0 spiro atoms. The third-order valence-corrected chi connectivity index (χ3v) is 12.8. The third kappa shape index (κ3) is 54.7. The fourth-order valence-corrected chi connectivity index (χ4v) is 8.52. The second-order valence-corrected chi connectivity index (χ2v) is 19.2. The summed E-state index contributed by atoms with van der Waals surface area (Å²) in [7, 11) is 1.45. The number of aliphatic hydroxyl groups excluding tert-OH is 1. The van der Waals surface area contributed by atoms with Crippen LogP contribution in [-0.2, 0) is 23.9 Å². The molecular weight excluding hydrogens is 769 g/mol. The van der Waals surface area contributed by atoms with Crippen LogP contribution in [0.4, 0.5) is 0 Å². The van der Waals surface area contributed by atoms with E-state index < -0.39 is 0 Å². The van der Waals surface area contributed by atoms with Crippen molar-refractivity contribution in [3.63, 3.8) is 0 Å². The Hall–Kier alpha value is -1.43. The van der Waals surface area contributed by atoms with E-state index in [4.69, 9.17) is 4.74 Å². The van der Waals surface area contributed by atoms with Crippen molar-refractivity contribution in [3.05, 3.63) is 0 Å². The van der Waals surface area contributed by atoms with E-state index in [1.807, 2.05) is 0 Å². The Labute approximate surface area is 387 Å². The summed E-state index contributed by atoms with van der Waals surface area (Å²) >= 11 is 0. The molecule has 6 heteroatoms. The van der Waals surface area contributed by atoms with Crippen molar-refractivity contribution in [2.75, 3.05) is 7.11 Å². The number of ketones is 1. The normalized spacial score (nSPS) is 12.2. The molecular formula is C56H110O6. The van der Waals surface area contributed by atoms with Crippen molar-refractivity contribution < 1.29 is 29.0 Å². The van der Waals surface area contributed by atoms with Gasteiger partial charge in [-0.2, -0.15) is 0 Å². The second-order valence-electron chi connectivity index (χ2n) is 19.2. The lowest BCUT2D eigenvalue weighted by Crippen LogP contribution is -2.18. The zero-order chi connectivity index (χ0) is 45.8. The lowest BCUT2D eigenvalue weighted by molar-refractivity contribution is -0.150. The summed E-state index contributed by atoms with van der Waals surface area (Å²) in [5, 5.41) is 9.88. The Morgan fingerprint density at radius 1 is 0.355 bits per heavy atom. The van der Waals surface area contributed by atoms with E-state index in [2.05, 4.69) is 25.5 Å². The van der Waals surface area contributed by atoms with Crippen molar-refractivity contribution in [1.82, 2.24) is 0 Å². The molecule has 0 radical (unpaired) electrons. The maximum absolute atomic E-state index is 12.5. The predicted octanol–water partition coefficient (Wildman–Crippen LogP) is 18.0. The number of hydrogen-bond donors (Lipinski definition) is 1. The van der Waals surface area contributed by atoms with Gasteiger partial charge in [0.05, 0.1) is 13.2 Å². The highest BCUT2D eigenvalue weighted by Crippen LogP contribution is 2.20. The van der Waals surface area contributed by atoms with Gasteiger partial charge in [0.15, 0.2) is 0 Å². The van der Waals surface area contributed by atoms with Gasteiger partial charge in [0, 0.05) is 19.3 Å². The highest BCUT2D eigenvalue weighted by atomic mass is 16.5. The van der Waals surface area contributed by atoms with E-state index in [-0.39, 0.29) is 24.1 Å². The van der Waals surface area contributed by atoms with Crippen molar-refractivity contribution in [3.8, 4) is 0 Å². The van der Waals surface area contributed by atoms with Gasteiger partial charge in [-0.25, -0.2) is 0 Å². The molecule has 0 aliphatic carbocycles. The number of Topliss-reactive ketones (excluding diaryl/α,β-unsaturated/α-hetero) is 1. The molecule has 0 amide bonds. The highest BCUT2D eigenvalue weighted by molar-refractivity contribution is 5.75. The van der Waals surface area contributed by atoms with Crippen LogP contribution in [0.2, 0.25) is 0 Å². The van der Waals surface area contributed by atoms with Gasteiger partial charge < -0.3 is 19.4 Å². The first kappa shape index (κ1) is 62.7. The zero-order valence-corrected chi connectivity index (χ0v) is 42.7. The average molecular weight is 879 g/mol. The first-order valence-electron chi connectivity index (χ1n) is 27.7. The van der Waals surface area contributed by atoms with E-state index >= 15 is 0 Å². The molecule has 0 aromatic heterocycles. The van der Waals surface area contributed by atoms with Gasteiger partial charge in [0.25, 0.3) is 0 Å². The Balaban J connectivity index is 0. The summed E-state index contributed by atoms with van der Waals surface area (Å²) < 4.78 is 10.6. The van der Waals surface area contributed by atoms with Gasteiger partial charge in [-0.05, 0) is 64.7 Å². The molecule has 1 N–H and O–H groups in total. The lowest BCUT2D eigenvalue weighted by Gasteiger charge is -2.18. The molecule has 0 saturated heterocycles. The quantitative estimate of drug-likeness (QED) is 0.0484. The first-order valence-corrected chi connectivity index (χ1v) is 27.7. The van der Waals surface area contributed by atoms with Crippen LogP contribution < -0.4 is 0 Å². The van der Waals surface area contributed by atoms with Gasteiger partial charge >= 0.3 is 11.9 Å². The minimum absolute atomic E-state index is 0.0424. The van der Waals surface area contributed by atoms with E-state index in [9.17, 15) is 19.5 Å². The number of carbonyl (C=O) groups is 3. The van der Waals surface area contributed by atoms with E-state index in [0.717, 1.165) is 64.2 Å². The molecule has 0 fully saturated rings. The number of aliphatic hydroxyl groups is 1. The number of rotatable bonds is 49. The van der Waals surface area contributed by atoms with E-state index in [0.29, 0.717) is 18.6 Å². The highest BCUT2D eigenvalue weighted by Gasteiger charge is 2.14. The van der Waals surface area contributed by atoms with Crippen LogP contribution in [0.15, 0.2) is 0 Å². The van der Waals surface area contributed by atoms with Crippen LogP contribution >= 0.6 is 0 Å². The van der Waals surface area contributed by atoms with E-state index in [1.165, 1.54) is 225 Å². The topological polar surface area (TPSA) is 89.9 Å². The number of hydrogen-bond acceptors (Lipinski definition) is 6. The molecule has 0 rings (SSSR count). The summed E-state index contributed by atoms with van der Waals surface area (Å²) in [6.45, 7) is 8.44. The summed E-state index contributed by atoms with van der Waals surface area (Å²) in [5.74, 6) is 0.272. The standard InChI is InChI=1S/C37H72O3.C19H38O3/c1-4-6-8-10-11-12-13-14-15-16-17-18-23-26-30-34-37(39)40-36(32-28-9-7-5-2)33-29-25-22-20-19-21-24-27-31-35(3)38;1-3-4-5-12-15-18(20)16-13-10-8-6-7-9-11-14-17-19(21)22-2/h36H,4-34H2,1-3H3;18,20H,3-17H2,1-2H3. The van der Waals surface area contributed by atoms with Crippen LogP contribution in [0.5, 0.6) is 0 Å². The lowest BCUT2D eigenvalue weighted by atomic mass is 10.0. The van der Waals surface area contributed by atoms with Crippen molar-refractivity contribution in [2.24, 2.45) is 0 Å². The Kier molecular flexibility index (Phi) is 54.5. The molecule has 0 aliphatic rings. The number of ether oxygens (including phenoxy) is 2. The summed E-state index contributed by atoms with van der Waals surface area (Å²) in [5.41, 5.74) is 0. The Bertz CT molecular complexity index is 905. The van der Waals surface area contributed by atoms with Gasteiger partial charge in [0.2, 0.25) is 0 Å². The molecule has 0 saturated carbocycles. The van der Waals surface area contributed by atoms with Gasteiger partial charge in [-0.15, -0.1) is 0 Å². The maximum Gasteiger partial charge on any atom is 0.306 e. The summed E-state index contributed by atoms with van der Waals surface area (Å²) in [4.78, 5) is 34.5. The molecule has 370 valence electrons. The third-order valence-electron chi connectivity index (χ3n) is 12.8. The maximum atomic E-state index is 12.5. The summed E-state index contributed by atoms with van der Waals surface area (Å²) in [6, 6.07) is 0. The van der Waals surface area contributed by atoms with Crippen molar-refractivity contribution in [1.29, 1.82) is 0 Å². The molecule has 0 heterocycles. The zero-order valence-electron chi connectivity index (χ0n) is 42.7. The first-order chi connectivity index (χ1) is 30.3. The van der Waals surface area contributed by atoms with Crippen LogP contribution in [0, 0.1) is 0 Å². The monoisotopic (exact) mass is 879 g/mol. The van der Waals surface area contributed by atoms with Crippen LogP contribution in [0.25, 0.3) is 0 Å². The minimum atomic E-state index is -0.0896. The molecule has 0 aromatic rings. The Morgan fingerprint density at radius 2 is 0.613 bits per heavy atom. The average Bonchev–Trinajstić information content (AvgIpc) is 3.26. The largest absolute Gasteiger partial charge is 0.469 e. The van der Waals surface area contributed by atoms with Crippen molar-refractivity contribution in [2.45, 2.75) is 335 Å². The summed E-state index contributed by atoms with van der Waals surface area (Å²) in [6.07, 6.45) is 55.6. The molecule has 2 atom stereocenters. The SMILES string of the molecule is CCCCCCC(O)CCCCCCCCCCC(=O)OC.CCCCCCCCCCCCCCCCCC(=O)OC(CCCCCC)CCCCCCCCCCC(C)=O. The van der Waals surface area contributed by atoms with Gasteiger partial charge in [-0.3, -0.25) is 9.59 Å². The number of carbonyl (C=O) groups excluding carboxylic acids is 3. The number of unbranched alkanes of at least 4 members (excludes halogenated alkanes) is 34. The van der Waals surface area contributed by atoms with Gasteiger partial charge in [0.1, 0.15) is 11.9 Å². The molecule has 0 aromatic carbocycles. The van der Waals surface area contributed by atoms with E-state index in [1.54, 1.807) is 6.92 Å². The molecule has 6 nitrogen and oxygen atoms in total. The van der Waals surface area contributed by atoms with Crippen LogP contribution in [0.1, 0.15) is 323 Å². The minimum Gasteiger partial charge on any atom is -0.469 e. The molecule has 0 bridgehead atoms. The fraction of sp³-hybridized carbons (Fsp3) is 0.946. The van der Waals surface area contributed by atoms with Gasteiger partial charge in [-0.1, -0.05) is 239 Å². The number of esters is 2. The Morgan fingerprint density at radius 3 is 0.935 bits per heavy atom. The smallest absolute Gasteiger partial charge is 0.306 e. The van der Waals surface area contributed by atoms with Crippen LogP contribution in [-0.4, -0.2) is 42.1 Å². The fourth-order valence-electron chi connectivity index (χ4n) is 8.52. The molecule has 2 unspecified atom stereocenters. The van der Waals surface area contributed by atoms with Crippen LogP contribution in [0.3, 0.4) is 0 Å². The number of methoxy groups -OCH3 is 1.